The average molecular weight is 295 g/mol. The summed E-state index contributed by atoms with van der Waals surface area (Å²) >= 11 is 0. The lowest BCUT2D eigenvalue weighted by Gasteiger charge is -2.36. The molecule has 21 heavy (non-hydrogen) atoms. The summed E-state index contributed by atoms with van der Waals surface area (Å²) in [4.78, 5) is 12.2. The molecule has 0 saturated carbocycles. The number of methoxy groups -OCH3 is 3. The van der Waals surface area contributed by atoms with Crippen LogP contribution in [0.5, 0.6) is 5.75 Å². The highest BCUT2D eigenvalue weighted by atomic mass is 16.5. The number of carbonyl (C=O) groups excluding carboxylic acids is 1. The highest BCUT2D eigenvalue weighted by molar-refractivity contribution is 5.84. The van der Waals surface area contributed by atoms with E-state index in [1.807, 2.05) is 38.1 Å². The highest BCUT2D eigenvalue weighted by Gasteiger charge is 2.40. The van der Waals surface area contributed by atoms with Gasteiger partial charge in [0.25, 0.3) is 0 Å². The van der Waals surface area contributed by atoms with Crippen LogP contribution in [0.3, 0.4) is 0 Å². The van der Waals surface area contributed by atoms with E-state index in [9.17, 15) is 4.79 Å². The first-order valence-corrected chi connectivity index (χ1v) is 6.82. The molecule has 118 valence electrons. The van der Waals surface area contributed by atoms with Crippen molar-refractivity contribution in [3.8, 4) is 5.75 Å². The largest absolute Gasteiger partial charge is 0.497 e. The summed E-state index contributed by atoms with van der Waals surface area (Å²) in [5.41, 5.74) is -0.579. The van der Waals surface area contributed by atoms with Gasteiger partial charge in [0.1, 0.15) is 11.3 Å². The van der Waals surface area contributed by atoms with Crippen molar-refractivity contribution in [1.29, 1.82) is 0 Å². The molecule has 1 N–H and O–H groups in total. The van der Waals surface area contributed by atoms with Crippen LogP contribution >= 0.6 is 0 Å². The summed E-state index contributed by atoms with van der Waals surface area (Å²) in [6, 6.07) is 7.42. The second kappa shape index (κ2) is 6.80. The molecule has 5 nitrogen and oxygen atoms in total. The minimum atomic E-state index is -0.902. The molecule has 1 unspecified atom stereocenters. The van der Waals surface area contributed by atoms with Gasteiger partial charge in [-0.15, -0.1) is 0 Å². The first kappa shape index (κ1) is 17.3. The van der Waals surface area contributed by atoms with E-state index >= 15 is 0 Å². The van der Waals surface area contributed by atoms with Gasteiger partial charge < -0.3 is 19.5 Å². The normalized spacial score (nSPS) is 14.2. The van der Waals surface area contributed by atoms with Crippen molar-refractivity contribution in [2.75, 3.05) is 26.6 Å². The molecule has 0 aliphatic rings. The lowest BCUT2D eigenvalue weighted by molar-refractivity contribution is -0.148. The minimum absolute atomic E-state index is 0.338. The van der Waals surface area contributed by atoms with Crippen LogP contribution in [0.2, 0.25) is 0 Å². The van der Waals surface area contributed by atoms with Crippen molar-refractivity contribution in [1.82, 2.24) is 0 Å². The molecular weight excluding hydrogens is 270 g/mol. The van der Waals surface area contributed by atoms with Gasteiger partial charge >= 0.3 is 5.97 Å². The van der Waals surface area contributed by atoms with Gasteiger partial charge in [-0.1, -0.05) is 6.07 Å². The Labute approximate surface area is 126 Å². The van der Waals surface area contributed by atoms with Gasteiger partial charge in [-0.05, 0) is 32.9 Å². The van der Waals surface area contributed by atoms with Gasteiger partial charge in [0.05, 0.1) is 19.8 Å². The SMILES string of the molecule is COC(=O)C(C)(CC(C)(C)OC)Nc1cccc(OC)c1. The highest BCUT2D eigenvalue weighted by Crippen LogP contribution is 2.29. The zero-order valence-corrected chi connectivity index (χ0v) is 13.6. The second-order valence-electron chi connectivity index (χ2n) is 5.82. The molecule has 1 atom stereocenters. The number of rotatable bonds is 7. The van der Waals surface area contributed by atoms with E-state index in [1.165, 1.54) is 7.11 Å². The van der Waals surface area contributed by atoms with Crippen molar-refractivity contribution < 1.29 is 19.0 Å². The van der Waals surface area contributed by atoms with Crippen LogP contribution in [-0.4, -0.2) is 38.4 Å². The third-order valence-electron chi connectivity index (χ3n) is 3.46. The molecule has 1 rings (SSSR count). The van der Waals surface area contributed by atoms with Crippen LogP contribution in [0.4, 0.5) is 5.69 Å². The molecule has 0 heterocycles. The van der Waals surface area contributed by atoms with Crippen LogP contribution in [0.25, 0.3) is 0 Å². The number of anilines is 1. The number of hydrogen-bond donors (Lipinski definition) is 1. The lowest BCUT2D eigenvalue weighted by Crippen LogP contribution is -2.49. The van der Waals surface area contributed by atoms with E-state index < -0.39 is 11.1 Å². The fourth-order valence-corrected chi connectivity index (χ4v) is 2.34. The maximum atomic E-state index is 12.2. The van der Waals surface area contributed by atoms with Gasteiger partial charge in [-0.2, -0.15) is 0 Å². The van der Waals surface area contributed by atoms with Crippen molar-refractivity contribution in [2.45, 2.75) is 38.3 Å². The molecule has 0 saturated heterocycles. The standard InChI is InChI=1S/C16H25NO4/c1-15(2,21-6)11-16(3,14(18)20-5)17-12-8-7-9-13(10-12)19-4/h7-10,17H,11H2,1-6H3. The fraction of sp³-hybridized carbons (Fsp3) is 0.562. The Balaban J connectivity index is 3.04. The van der Waals surface area contributed by atoms with E-state index in [-0.39, 0.29) is 5.97 Å². The first-order chi connectivity index (χ1) is 9.76. The Hall–Kier alpha value is -1.75. The quantitative estimate of drug-likeness (QED) is 0.784. The lowest BCUT2D eigenvalue weighted by atomic mass is 9.87. The number of carbonyl (C=O) groups is 1. The van der Waals surface area contributed by atoms with Crippen molar-refractivity contribution in [3.05, 3.63) is 24.3 Å². The zero-order chi connectivity index (χ0) is 16.1. The smallest absolute Gasteiger partial charge is 0.331 e. The molecule has 0 aromatic heterocycles. The number of benzene rings is 1. The van der Waals surface area contributed by atoms with Crippen molar-refractivity contribution in [2.24, 2.45) is 0 Å². The zero-order valence-electron chi connectivity index (χ0n) is 13.6. The fourth-order valence-electron chi connectivity index (χ4n) is 2.34. The second-order valence-corrected chi connectivity index (χ2v) is 5.82. The Morgan fingerprint density at radius 3 is 2.38 bits per heavy atom. The molecule has 1 aromatic carbocycles. The summed E-state index contributed by atoms with van der Waals surface area (Å²) < 4.78 is 15.6. The molecule has 1 aromatic rings. The number of esters is 1. The molecule has 0 aliphatic heterocycles. The first-order valence-electron chi connectivity index (χ1n) is 6.82. The minimum Gasteiger partial charge on any atom is -0.497 e. The molecule has 0 spiro atoms. The van der Waals surface area contributed by atoms with E-state index in [0.717, 1.165) is 11.4 Å². The molecular formula is C16H25NO4. The van der Waals surface area contributed by atoms with E-state index in [0.29, 0.717) is 6.42 Å². The molecule has 0 fully saturated rings. The predicted molar refractivity (Wildman–Crippen MR) is 82.7 cm³/mol. The maximum absolute atomic E-state index is 12.2. The molecule has 0 bridgehead atoms. The third-order valence-corrected chi connectivity index (χ3v) is 3.46. The van der Waals surface area contributed by atoms with Gasteiger partial charge in [-0.25, -0.2) is 4.79 Å². The van der Waals surface area contributed by atoms with Crippen molar-refractivity contribution in [3.63, 3.8) is 0 Å². The van der Waals surface area contributed by atoms with Crippen LogP contribution in [0.15, 0.2) is 24.3 Å². The predicted octanol–water partition coefficient (Wildman–Crippen LogP) is 2.85. The van der Waals surface area contributed by atoms with Crippen LogP contribution < -0.4 is 10.1 Å². The van der Waals surface area contributed by atoms with Gasteiger partial charge in [0.2, 0.25) is 0 Å². The topological polar surface area (TPSA) is 56.8 Å². The monoisotopic (exact) mass is 295 g/mol. The Bertz CT molecular complexity index is 487. The number of hydrogen-bond acceptors (Lipinski definition) is 5. The Morgan fingerprint density at radius 2 is 1.86 bits per heavy atom. The molecule has 0 amide bonds. The maximum Gasteiger partial charge on any atom is 0.331 e. The molecule has 0 aliphatic carbocycles. The van der Waals surface area contributed by atoms with Crippen LogP contribution in [0, 0.1) is 0 Å². The van der Waals surface area contributed by atoms with Crippen LogP contribution in [-0.2, 0) is 14.3 Å². The van der Waals surface area contributed by atoms with E-state index in [2.05, 4.69) is 5.32 Å². The third kappa shape index (κ3) is 4.63. The summed E-state index contributed by atoms with van der Waals surface area (Å²) in [6.45, 7) is 5.67. The van der Waals surface area contributed by atoms with Gasteiger partial charge in [0, 0.05) is 25.3 Å². The average Bonchev–Trinajstić information content (AvgIpc) is 2.45. The summed E-state index contributed by atoms with van der Waals surface area (Å²) in [5.74, 6) is 0.383. The van der Waals surface area contributed by atoms with Crippen LogP contribution in [0.1, 0.15) is 27.2 Å². The summed E-state index contributed by atoms with van der Waals surface area (Å²) in [7, 11) is 4.61. The number of ether oxygens (including phenoxy) is 3. The van der Waals surface area contributed by atoms with E-state index in [1.54, 1.807) is 21.1 Å². The van der Waals surface area contributed by atoms with E-state index in [4.69, 9.17) is 14.2 Å². The Morgan fingerprint density at radius 1 is 1.19 bits per heavy atom. The van der Waals surface area contributed by atoms with Gasteiger partial charge in [-0.3, -0.25) is 0 Å². The van der Waals surface area contributed by atoms with Gasteiger partial charge in [0.15, 0.2) is 0 Å². The Kier molecular flexibility index (Phi) is 5.61. The summed E-state index contributed by atoms with van der Waals surface area (Å²) in [5, 5.41) is 3.24. The summed E-state index contributed by atoms with van der Waals surface area (Å²) in [6.07, 6.45) is 0.459. The van der Waals surface area contributed by atoms with Crippen molar-refractivity contribution >= 4 is 11.7 Å². The number of nitrogens with one attached hydrogen (secondary N) is 1. The molecule has 0 radical (unpaired) electrons. The molecule has 5 heteroatoms.